The lowest BCUT2D eigenvalue weighted by Crippen LogP contribution is -2.35. The number of rotatable bonds is 2. The van der Waals surface area contributed by atoms with Crippen molar-refractivity contribution in [1.29, 1.82) is 0 Å². The van der Waals surface area contributed by atoms with Gasteiger partial charge >= 0.3 is 11.9 Å². The molecule has 2 N–H and O–H groups in total. The highest BCUT2D eigenvalue weighted by Crippen LogP contribution is 2.20. The van der Waals surface area contributed by atoms with Crippen LogP contribution in [-0.4, -0.2) is 20.8 Å². The first kappa shape index (κ1) is 12.3. The molecule has 5 nitrogen and oxygen atoms in total. The van der Waals surface area contributed by atoms with E-state index in [-0.39, 0.29) is 16.6 Å². The van der Waals surface area contributed by atoms with Gasteiger partial charge in [0.25, 0.3) is 5.56 Å². The molecule has 1 heterocycles. The van der Waals surface area contributed by atoms with Gasteiger partial charge in [-0.2, -0.15) is 13.2 Å². The van der Waals surface area contributed by atoms with Crippen LogP contribution in [0.2, 0.25) is 0 Å². The zero-order chi connectivity index (χ0) is 12.5. The van der Waals surface area contributed by atoms with Crippen LogP contribution in [0.1, 0.15) is 12.5 Å². The molecular weight excluding hydrogens is 229 g/mol. The molecule has 90 valence electrons. The second-order valence-corrected chi connectivity index (χ2v) is 3.12. The Hall–Kier alpha value is -1.73. The van der Waals surface area contributed by atoms with Gasteiger partial charge in [-0.3, -0.25) is 14.3 Å². The van der Waals surface area contributed by atoms with Crippen LogP contribution >= 0.6 is 0 Å². The van der Waals surface area contributed by atoms with Gasteiger partial charge in [0.1, 0.15) is 6.54 Å². The fourth-order valence-corrected chi connectivity index (χ4v) is 1.25. The number of aromatic nitrogens is 2. The first-order chi connectivity index (χ1) is 7.26. The van der Waals surface area contributed by atoms with E-state index in [1.165, 1.54) is 6.92 Å². The van der Waals surface area contributed by atoms with Gasteiger partial charge in [0.15, 0.2) is 0 Å². The van der Waals surface area contributed by atoms with Crippen LogP contribution in [0.15, 0.2) is 9.59 Å². The molecule has 0 spiro atoms. The maximum absolute atomic E-state index is 12.1. The number of nitrogens with zero attached hydrogens (tertiary/aromatic N) is 1. The summed E-state index contributed by atoms with van der Waals surface area (Å²) in [6.45, 7) is -0.159. The molecule has 0 bridgehead atoms. The van der Waals surface area contributed by atoms with Crippen molar-refractivity contribution in [2.24, 2.45) is 0 Å². The average Bonchev–Trinajstić information content (AvgIpc) is 2.11. The van der Waals surface area contributed by atoms with Crippen LogP contribution in [0, 0.1) is 0 Å². The third-order valence-electron chi connectivity index (χ3n) is 1.96. The topological polar surface area (TPSA) is 75.1 Å². The lowest BCUT2D eigenvalue weighted by molar-refractivity contribution is -0.142. The second kappa shape index (κ2) is 4.03. The van der Waals surface area contributed by atoms with Crippen molar-refractivity contribution in [2.45, 2.75) is 26.1 Å². The first-order valence-electron chi connectivity index (χ1n) is 4.38. The van der Waals surface area contributed by atoms with E-state index in [4.69, 9.17) is 0 Å². The molecule has 0 amide bonds. The van der Waals surface area contributed by atoms with E-state index in [1.54, 1.807) is 4.98 Å². The number of aromatic hydroxyl groups is 1. The number of H-pyrrole nitrogens is 1. The molecule has 8 heteroatoms. The van der Waals surface area contributed by atoms with E-state index in [2.05, 4.69) is 0 Å². The molecule has 0 saturated heterocycles. The highest BCUT2D eigenvalue weighted by atomic mass is 19.4. The Morgan fingerprint density at radius 3 is 2.38 bits per heavy atom. The predicted molar refractivity (Wildman–Crippen MR) is 48.4 cm³/mol. The van der Waals surface area contributed by atoms with Crippen molar-refractivity contribution in [3.05, 3.63) is 26.4 Å². The highest BCUT2D eigenvalue weighted by Gasteiger charge is 2.30. The molecule has 0 aliphatic carbocycles. The number of hydrogen-bond acceptors (Lipinski definition) is 3. The summed E-state index contributed by atoms with van der Waals surface area (Å²) in [5.74, 6) is -0.937. The van der Waals surface area contributed by atoms with Crippen LogP contribution in [0.5, 0.6) is 5.88 Å². The van der Waals surface area contributed by atoms with Crippen molar-refractivity contribution >= 4 is 0 Å². The fourth-order valence-electron chi connectivity index (χ4n) is 1.25. The smallest absolute Gasteiger partial charge is 0.406 e. The molecule has 0 saturated carbocycles. The van der Waals surface area contributed by atoms with Crippen molar-refractivity contribution < 1.29 is 18.3 Å². The Morgan fingerprint density at radius 1 is 1.38 bits per heavy atom. The van der Waals surface area contributed by atoms with Gasteiger partial charge in [0, 0.05) is 0 Å². The number of halogens is 3. The van der Waals surface area contributed by atoms with Gasteiger partial charge in [0.2, 0.25) is 5.88 Å². The van der Waals surface area contributed by atoms with Crippen LogP contribution < -0.4 is 11.2 Å². The quantitative estimate of drug-likeness (QED) is 0.781. The van der Waals surface area contributed by atoms with Gasteiger partial charge in [0.05, 0.1) is 5.56 Å². The molecular formula is C8H9F3N2O3. The predicted octanol–water partition coefficient (Wildman–Crippen LogP) is 0.367. The number of nitrogens with one attached hydrogen (secondary N) is 1. The van der Waals surface area contributed by atoms with Crippen LogP contribution in [0.4, 0.5) is 13.2 Å². The molecule has 1 rings (SSSR count). The van der Waals surface area contributed by atoms with Gasteiger partial charge in [-0.15, -0.1) is 0 Å². The molecule has 1 aromatic rings. The normalized spacial score (nSPS) is 11.8. The van der Waals surface area contributed by atoms with E-state index in [0.717, 1.165) is 0 Å². The Morgan fingerprint density at radius 2 is 1.94 bits per heavy atom. The van der Waals surface area contributed by atoms with Crippen LogP contribution in [-0.2, 0) is 13.0 Å². The molecule has 0 aliphatic heterocycles. The van der Waals surface area contributed by atoms with Gasteiger partial charge in [-0.25, -0.2) is 4.79 Å². The molecule has 0 unspecified atom stereocenters. The van der Waals surface area contributed by atoms with E-state index in [9.17, 15) is 27.9 Å². The second-order valence-electron chi connectivity index (χ2n) is 3.12. The average molecular weight is 238 g/mol. The zero-order valence-corrected chi connectivity index (χ0v) is 8.26. The van der Waals surface area contributed by atoms with E-state index in [1.807, 2.05) is 0 Å². The standard InChI is InChI=1S/C8H9F3N2O3/c1-2-4-5(14)12-7(16)13(6(4)15)3-8(9,10)11/h15H,2-3H2,1H3,(H,12,14,16). The summed E-state index contributed by atoms with van der Waals surface area (Å²) in [6.07, 6.45) is -4.62. The van der Waals surface area contributed by atoms with E-state index >= 15 is 0 Å². The van der Waals surface area contributed by atoms with Crippen LogP contribution in [0.25, 0.3) is 0 Å². The number of hydrogen-bond donors (Lipinski definition) is 2. The van der Waals surface area contributed by atoms with Gasteiger partial charge < -0.3 is 5.11 Å². The van der Waals surface area contributed by atoms with Crippen molar-refractivity contribution in [3.63, 3.8) is 0 Å². The molecule has 1 aromatic heterocycles. The van der Waals surface area contributed by atoms with Gasteiger partial charge in [-0.1, -0.05) is 6.92 Å². The Kier molecular flexibility index (Phi) is 3.11. The number of alkyl halides is 3. The maximum Gasteiger partial charge on any atom is 0.406 e. The summed E-state index contributed by atoms with van der Waals surface area (Å²) >= 11 is 0. The summed E-state index contributed by atoms with van der Waals surface area (Å²) in [6, 6.07) is 0. The molecule has 0 aliphatic rings. The first-order valence-corrected chi connectivity index (χ1v) is 4.38. The Balaban J connectivity index is 3.41. The Bertz CT molecular complexity index is 501. The third-order valence-corrected chi connectivity index (χ3v) is 1.96. The maximum atomic E-state index is 12.1. The monoisotopic (exact) mass is 238 g/mol. The van der Waals surface area contributed by atoms with Gasteiger partial charge in [-0.05, 0) is 6.42 Å². The Labute approximate surface area is 87.2 Å². The van der Waals surface area contributed by atoms with E-state index in [0.29, 0.717) is 0 Å². The highest BCUT2D eigenvalue weighted by molar-refractivity contribution is 5.22. The summed E-state index contributed by atoms with van der Waals surface area (Å²) in [7, 11) is 0. The lowest BCUT2D eigenvalue weighted by Gasteiger charge is -2.12. The van der Waals surface area contributed by atoms with Crippen molar-refractivity contribution in [3.8, 4) is 5.88 Å². The molecule has 16 heavy (non-hydrogen) atoms. The fraction of sp³-hybridized carbons (Fsp3) is 0.500. The molecule has 0 fully saturated rings. The SMILES string of the molecule is CCc1c(O)n(CC(F)(F)F)c(=O)[nH]c1=O. The summed E-state index contributed by atoms with van der Waals surface area (Å²) in [4.78, 5) is 23.9. The largest absolute Gasteiger partial charge is 0.494 e. The third kappa shape index (κ3) is 2.44. The minimum absolute atomic E-state index is 0.0271. The minimum atomic E-state index is -4.65. The summed E-state index contributed by atoms with van der Waals surface area (Å²) in [5.41, 5.74) is -2.40. The van der Waals surface area contributed by atoms with Crippen molar-refractivity contribution in [2.75, 3.05) is 0 Å². The minimum Gasteiger partial charge on any atom is -0.494 e. The molecule has 0 aromatic carbocycles. The lowest BCUT2D eigenvalue weighted by atomic mass is 10.2. The summed E-state index contributed by atoms with van der Waals surface area (Å²) < 4.78 is 36.3. The van der Waals surface area contributed by atoms with Crippen LogP contribution in [0.3, 0.4) is 0 Å². The summed E-state index contributed by atoms with van der Waals surface area (Å²) in [5, 5.41) is 9.36. The number of aromatic amines is 1. The van der Waals surface area contributed by atoms with Crippen molar-refractivity contribution in [1.82, 2.24) is 9.55 Å². The molecule has 0 radical (unpaired) electrons. The van der Waals surface area contributed by atoms with E-state index < -0.39 is 29.9 Å². The zero-order valence-electron chi connectivity index (χ0n) is 8.26. The molecule has 0 atom stereocenters.